The topological polar surface area (TPSA) is 87.9 Å². The fourth-order valence-electron chi connectivity index (χ4n) is 2.45. The maximum Gasteiger partial charge on any atom is 0.317 e. The molecule has 0 unspecified atom stereocenters. The number of rotatable bonds is 3. The van der Waals surface area contributed by atoms with Crippen molar-refractivity contribution in [3.05, 3.63) is 22.7 Å². The zero-order valence-corrected chi connectivity index (χ0v) is 15.2. The molecule has 1 saturated heterocycles. The Morgan fingerprint density at radius 3 is 2.38 bits per heavy atom. The summed E-state index contributed by atoms with van der Waals surface area (Å²) in [6, 6.07) is 2.96. The van der Waals surface area contributed by atoms with Crippen LogP contribution in [0, 0.1) is 0 Å². The number of nitrogens with zero attached hydrogens (tertiary/aromatic N) is 2. The molecule has 1 aliphatic rings. The van der Waals surface area contributed by atoms with Crippen molar-refractivity contribution in [2.75, 3.05) is 45.6 Å². The molecule has 1 aliphatic heterocycles. The molecule has 3 amide bonds. The van der Waals surface area contributed by atoms with E-state index in [9.17, 15) is 9.59 Å². The summed E-state index contributed by atoms with van der Waals surface area (Å²) in [7, 11) is 1.48. The van der Waals surface area contributed by atoms with Crippen LogP contribution >= 0.6 is 24.0 Å². The Balaban J connectivity index is 0.00000288. The minimum atomic E-state index is -0.181. The van der Waals surface area contributed by atoms with Crippen LogP contribution in [0.15, 0.2) is 12.1 Å². The van der Waals surface area contributed by atoms with Crippen molar-refractivity contribution in [3.8, 4) is 5.75 Å². The number of hydrogen-bond donors (Lipinski definition) is 2. The first-order valence-corrected chi connectivity index (χ1v) is 7.80. The molecule has 1 heterocycles. The third-order valence-corrected chi connectivity index (χ3v) is 4.06. The number of halogens is 2. The van der Waals surface area contributed by atoms with Gasteiger partial charge in [-0.2, -0.15) is 0 Å². The number of amides is 3. The van der Waals surface area contributed by atoms with Crippen molar-refractivity contribution in [1.29, 1.82) is 0 Å². The van der Waals surface area contributed by atoms with E-state index in [-0.39, 0.29) is 24.3 Å². The van der Waals surface area contributed by atoms with Gasteiger partial charge in [-0.05, 0) is 13.0 Å². The Morgan fingerprint density at radius 2 is 1.83 bits per heavy atom. The molecule has 0 aromatic heterocycles. The lowest BCUT2D eigenvalue weighted by Gasteiger charge is -2.34. The molecule has 0 bridgehead atoms. The summed E-state index contributed by atoms with van der Waals surface area (Å²) in [6.07, 6.45) is 0. The molecule has 1 aromatic rings. The highest BCUT2D eigenvalue weighted by atomic mass is 35.5. The van der Waals surface area contributed by atoms with Gasteiger partial charge in [-0.25, -0.2) is 4.79 Å². The monoisotopic (exact) mass is 376 g/mol. The number of nitrogens with one attached hydrogen (secondary N) is 1. The molecule has 0 atom stereocenters. The maximum absolute atomic E-state index is 12.7. The normalized spacial score (nSPS) is 14.0. The van der Waals surface area contributed by atoms with Gasteiger partial charge >= 0.3 is 6.03 Å². The van der Waals surface area contributed by atoms with Gasteiger partial charge in [0.2, 0.25) is 0 Å². The average molecular weight is 377 g/mol. The van der Waals surface area contributed by atoms with E-state index in [0.717, 1.165) is 0 Å². The largest absolute Gasteiger partial charge is 0.496 e. The molecular weight excluding hydrogens is 355 g/mol. The number of ether oxygens (including phenoxy) is 1. The first-order chi connectivity index (χ1) is 11.0. The Hall–Kier alpha value is -1.86. The number of piperazine rings is 1. The predicted octanol–water partition coefficient (Wildman–Crippen LogP) is 1.84. The summed E-state index contributed by atoms with van der Waals surface area (Å²) < 4.78 is 5.22. The summed E-state index contributed by atoms with van der Waals surface area (Å²) in [4.78, 5) is 27.8. The fraction of sp³-hybridized carbons (Fsp3) is 0.467. The van der Waals surface area contributed by atoms with Crippen LogP contribution in [-0.2, 0) is 0 Å². The Labute approximate surface area is 152 Å². The number of hydrogen-bond acceptors (Lipinski definition) is 4. The molecule has 7 nitrogen and oxygen atoms in total. The number of carbonyl (C=O) groups is 2. The second-order valence-corrected chi connectivity index (χ2v) is 5.60. The predicted molar refractivity (Wildman–Crippen MR) is 96.2 cm³/mol. The fourth-order valence-corrected chi connectivity index (χ4v) is 2.61. The smallest absolute Gasteiger partial charge is 0.317 e. The molecular formula is C15H22Cl2N4O3. The molecule has 0 saturated carbocycles. The zero-order chi connectivity index (χ0) is 17.0. The van der Waals surface area contributed by atoms with E-state index in [0.29, 0.717) is 54.7 Å². The van der Waals surface area contributed by atoms with Gasteiger partial charge in [-0.1, -0.05) is 11.6 Å². The third-order valence-electron chi connectivity index (χ3n) is 3.73. The van der Waals surface area contributed by atoms with E-state index in [4.69, 9.17) is 22.1 Å². The highest BCUT2D eigenvalue weighted by Crippen LogP contribution is 2.30. The number of benzene rings is 1. The molecule has 1 aromatic carbocycles. The van der Waals surface area contributed by atoms with Gasteiger partial charge in [0.1, 0.15) is 5.75 Å². The summed E-state index contributed by atoms with van der Waals surface area (Å²) in [5.74, 6) is 0.211. The Bertz CT molecular complexity index is 605. The zero-order valence-electron chi connectivity index (χ0n) is 13.7. The number of carbonyl (C=O) groups excluding carboxylic acids is 2. The standard InChI is InChI=1S/C15H21ClN4O3.ClH/c1-3-18-15(22)20-6-4-19(5-7-20)14(21)10-8-11(16)12(17)9-13(10)23-2;/h8-9H,3-7,17H2,1-2H3,(H,18,22);1H. The SMILES string of the molecule is CCNC(=O)N1CCN(C(=O)c2cc(Cl)c(N)cc2OC)CC1.Cl. The first-order valence-electron chi connectivity index (χ1n) is 7.43. The molecule has 3 N–H and O–H groups in total. The van der Waals surface area contributed by atoms with Crippen molar-refractivity contribution < 1.29 is 14.3 Å². The molecule has 0 aliphatic carbocycles. The lowest BCUT2D eigenvalue weighted by Crippen LogP contribution is -2.53. The molecule has 2 rings (SSSR count). The first kappa shape index (κ1) is 20.2. The number of nitrogen functional groups attached to an aromatic ring is 1. The second-order valence-electron chi connectivity index (χ2n) is 5.19. The van der Waals surface area contributed by atoms with Crippen molar-refractivity contribution in [2.24, 2.45) is 0 Å². The highest BCUT2D eigenvalue weighted by molar-refractivity contribution is 6.33. The van der Waals surface area contributed by atoms with E-state index in [2.05, 4.69) is 5.32 Å². The summed E-state index contributed by atoms with van der Waals surface area (Å²) >= 11 is 6.01. The van der Waals surface area contributed by atoms with Crippen LogP contribution in [0.25, 0.3) is 0 Å². The third kappa shape index (κ3) is 4.36. The Morgan fingerprint density at radius 1 is 1.25 bits per heavy atom. The van der Waals surface area contributed by atoms with Crippen LogP contribution in [0.3, 0.4) is 0 Å². The lowest BCUT2D eigenvalue weighted by molar-refractivity contribution is 0.0662. The van der Waals surface area contributed by atoms with Crippen molar-refractivity contribution >= 4 is 41.6 Å². The van der Waals surface area contributed by atoms with E-state index in [1.807, 2.05) is 6.92 Å². The summed E-state index contributed by atoms with van der Waals surface area (Å²) in [5, 5.41) is 3.07. The van der Waals surface area contributed by atoms with Crippen LogP contribution in [0.1, 0.15) is 17.3 Å². The maximum atomic E-state index is 12.7. The average Bonchev–Trinajstić information content (AvgIpc) is 2.56. The summed E-state index contributed by atoms with van der Waals surface area (Å²) in [6.45, 7) is 4.35. The minimum Gasteiger partial charge on any atom is -0.496 e. The molecule has 134 valence electrons. The highest BCUT2D eigenvalue weighted by Gasteiger charge is 2.26. The van der Waals surface area contributed by atoms with Crippen molar-refractivity contribution in [2.45, 2.75) is 6.92 Å². The number of anilines is 1. The summed E-state index contributed by atoms with van der Waals surface area (Å²) in [5.41, 5.74) is 6.47. The van der Waals surface area contributed by atoms with Crippen LogP contribution in [0.5, 0.6) is 5.75 Å². The van der Waals surface area contributed by atoms with Crippen LogP contribution in [0.4, 0.5) is 10.5 Å². The van der Waals surface area contributed by atoms with Gasteiger partial charge in [-0.15, -0.1) is 12.4 Å². The van der Waals surface area contributed by atoms with Crippen LogP contribution in [0.2, 0.25) is 5.02 Å². The minimum absolute atomic E-state index is 0. The molecule has 0 spiro atoms. The van der Waals surface area contributed by atoms with E-state index in [1.54, 1.807) is 15.9 Å². The molecule has 0 radical (unpaired) electrons. The quantitative estimate of drug-likeness (QED) is 0.787. The van der Waals surface area contributed by atoms with Gasteiger partial charge in [-0.3, -0.25) is 4.79 Å². The van der Waals surface area contributed by atoms with Crippen LogP contribution in [-0.4, -0.2) is 61.6 Å². The number of urea groups is 1. The van der Waals surface area contributed by atoms with E-state index in [1.165, 1.54) is 13.2 Å². The van der Waals surface area contributed by atoms with Gasteiger partial charge in [0, 0.05) is 38.8 Å². The van der Waals surface area contributed by atoms with Crippen molar-refractivity contribution in [3.63, 3.8) is 0 Å². The van der Waals surface area contributed by atoms with E-state index >= 15 is 0 Å². The second kappa shape index (κ2) is 8.84. The number of methoxy groups -OCH3 is 1. The molecule has 24 heavy (non-hydrogen) atoms. The number of nitrogens with two attached hydrogens (primary N) is 1. The Kier molecular flexibility index (Phi) is 7.44. The molecule has 1 fully saturated rings. The molecule has 9 heteroatoms. The van der Waals surface area contributed by atoms with Gasteiger partial charge in [0.25, 0.3) is 5.91 Å². The van der Waals surface area contributed by atoms with Gasteiger partial charge < -0.3 is 25.6 Å². The van der Waals surface area contributed by atoms with Crippen molar-refractivity contribution in [1.82, 2.24) is 15.1 Å². The van der Waals surface area contributed by atoms with Gasteiger partial charge in [0.15, 0.2) is 0 Å². The van der Waals surface area contributed by atoms with Crippen LogP contribution < -0.4 is 15.8 Å². The van der Waals surface area contributed by atoms with E-state index < -0.39 is 0 Å². The lowest BCUT2D eigenvalue weighted by atomic mass is 10.1. The van der Waals surface area contributed by atoms with Gasteiger partial charge in [0.05, 0.1) is 23.4 Å².